The minimum atomic E-state index is -4.04. The number of hydrogen-bond acceptors (Lipinski definition) is 6. The molecule has 0 radical (unpaired) electrons. The van der Waals surface area contributed by atoms with Crippen molar-refractivity contribution in [1.29, 1.82) is 0 Å². The molecule has 1 aliphatic heterocycles. The normalized spacial score (nSPS) is 16.0. The number of para-hydroxylation sites is 2. The summed E-state index contributed by atoms with van der Waals surface area (Å²) >= 11 is 0. The van der Waals surface area contributed by atoms with E-state index in [0.29, 0.717) is 11.5 Å². The Labute approximate surface area is 150 Å². The van der Waals surface area contributed by atoms with Crippen LogP contribution in [0.1, 0.15) is 17.3 Å². The second kappa shape index (κ2) is 7.14. The van der Waals surface area contributed by atoms with E-state index in [9.17, 15) is 18.0 Å². The molecule has 0 saturated carbocycles. The Morgan fingerprint density at radius 1 is 1.08 bits per heavy atom. The summed E-state index contributed by atoms with van der Waals surface area (Å²) in [6.45, 7) is 1.28. The molecule has 2 aromatic carbocycles. The van der Waals surface area contributed by atoms with Crippen LogP contribution in [0.5, 0.6) is 11.5 Å². The zero-order valence-corrected chi connectivity index (χ0v) is 14.6. The van der Waals surface area contributed by atoms with Gasteiger partial charge in [0.05, 0.1) is 4.90 Å². The van der Waals surface area contributed by atoms with Gasteiger partial charge in [-0.3, -0.25) is 15.0 Å². The molecule has 1 atom stereocenters. The van der Waals surface area contributed by atoms with Gasteiger partial charge in [0.1, 0.15) is 6.61 Å². The highest BCUT2D eigenvalue weighted by Crippen LogP contribution is 2.30. The zero-order valence-electron chi connectivity index (χ0n) is 13.8. The summed E-state index contributed by atoms with van der Waals surface area (Å²) in [6, 6.07) is 12.3. The van der Waals surface area contributed by atoms with Crippen molar-refractivity contribution in [1.82, 2.24) is 10.3 Å². The Balaban J connectivity index is 1.66. The highest BCUT2D eigenvalue weighted by Gasteiger charge is 2.28. The van der Waals surface area contributed by atoms with Crippen LogP contribution in [0, 0.1) is 0 Å². The molecule has 0 fully saturated rings. The lowest BCUT2D eigenvalue weighted by atomic mass is 10.2. The molecule has 0 saturated heterocycles. The van der Waals surface area contributed by atoms with Crippen molar-refractivity contribution in [2.24, 2.45) is 0 Å². The summed E-state index contributed by atoms with van der Waals surface area (Å²) in [5, 5.41) is 0. The van der Waals surface area contributed by atoms with Gasteiger partial charge in [-0.1, -0.05) is 24.3 Å². The third-order valence-corrected chi connectivity index (χ3v) is 4.91. The van der Waals surface area contributed by atoms with Gasteiger partial charge >= 0.3 is 0 Å². The van der Waals surface area contributed by atoms with Crippen LogP contribution < -0.4 is 19.7 Å². The fraction of sp³-hybridized carbons (Fsp3) is 0.176. The molecule has 0 spiro atoms. The van der Waals surface area contributed by atoms with Crippen LogP contribution in [0.25, 0.3) is 0 Å². The van der Waals surface area contributed by atoms with Crippen molar-refractivity contribution < 1.29 is 27.5 Å². The van der Waals surface area contributed by atoms with E-state index >= 15 is 0 Å². The SMILES string of the molecule is CC(=O)c1cccc(S(=O)(=O)NNC(=O)[C@@H]2COc3ccccc3O2)c1. The van der Waals surface area contributed by atoms with Crippen molar-refractivity contribution in [2.45, 2.75) is 17.9 Å². The second-order valence-electron chi connectivity index (χ2n) is 5.54. The summed E-state index contributed by atoms with van der Waals surface area (Å²) in [5.74, 6) is -0.0580. The van der Waals surface area contributed by atoms with Crippen LogP contribution in [0.2, 0.25) is 0 Å². The maximum Gasteiger partial charge on any atom is 0.279 e. The average molecular weight is 376 g/mol. The molecule has 26 heavy (non-hydrogen) atoms. The molecule has 9 heteroatoms. The number of carbonyl (C=O) groups excluding carboxylic acids is 2. The summed E-state index contributed by atoms with van der Waals surface area (Å²) in [5.41, 5.74) is 2.35. The summed E-state index contributed by atoms with van der Waals surface area (Å²) < 4.78 is 35.5. The van der Waals surface area contributed by atoms with Gasteiger partial charge < -0.3 is 9.47 Å². The Kier molecular flexibility index (Phi) is 4.92. The first-order valence-corrected chi connectivity index (χ1v) is 9.16. The van der Waals surface area contributed by atoms with E-state index < -0.39 is 22.0 Å². The molecule has 0 unspecified atom stereocenters. The van der Waals surface area contributed by atoms with Crippen molar-refractivity contribution in [3.63, 3.8) is 0 Å². The lowest BCUT2D eigenvalue weighted by Crippen LogP contribution is -2.50. The van der Waals surface area contributed by atoms with Gasteiger partial charge in [0, 0.05) is 5.56 Å². The van der Waals surface area contributed by atoms with Gasteiger partial charge in [-0.2, -0.15) is 0 Å². The molecule has 136 valence electrons. The van der Waals surface area contributed by atoms with Crippen LogP contribution in [0.4, 0.5) is 0 Å². The third-order valence-electron chi connectivity index (χ3n) is 3.66. The highest BCUT2D eigenvalue weighted by atomic mass is 32.2. The van der Waals surface area contributed by atoms with Crippen molar-refractivity contribution in [3.8, 4) is 11.5 Å². The van der Waals surface area contributed by atoms with E-state index in [-0.39, 0.29) is 22.8 Å². The van der Waals surface area contributed by atoms with E-state index in [1.54, 1.807) is 24.3 Å². The molecule has 0 bridgehead atoms. The molecule has 1 aliphatic rings. The predicted molar refractivity (Wildman–Crippen MR) is 91.3 cm³/mol. The molecule has 8 nitrogen and oxygen atoms in total. The van der Waals surface area contributed by atoms with Crippen LogP contribution in [0.15, 0.2) is 53.4 Å². The van der Waals surface area contributed by atoms with Gasteiger partial charge in [0.25, 0.3) is 15.9 Å². The standard InChI is InChI=1S/C17H16N2O6S/c1-11(20)12-5-4-6-13(9-12)26(22,23)19-18-17(21)16-10-24-14-7-2-3-8-15(14)25-16/h2-9,16,19H,10H2,1H3,(H,18,21)/t16-/m0/s1. The van der Waals surface area contributed by atoms with Gasteiger partial charge in [-0.25, -0.2) is 8.42 Å². The summed E-state index contributed by atoms with van der Waals surface area (Å²) in [7, 11) is -4.04. The molecule has 0 aliphatic carbocycles. The molecule has 2 N–H and O–H groups in total. The van der Waals surface area contributed by atoms with E-state index in [1.807, 2.05) is 4.83 Å². The predicted octanol–water partition coefficient (Wildman–Crippen LogP) is 1.04. The summed E-state index contributed by atoms with van der Waals surface area (Å²) in [4.78, 5) is 25.4. The van der Waals surface area contributed by atoms with E-state index in [4.69, 9.17) is 9.47 Å². The Hall–Kier alpha value is -2.91. The molecule has 0 aromatic heterocycles. The molecular formula is C17H16N2O6S. The maximum atomic E-state index is 12.3. The number of ketones is 1. The number of sulfonamides is 1. The van der Waals surface area contributed by atoms with Crippen molar-refractivity contribution in [2.75, 3.05) is 6.61 Å². The molecule has 2 aromatic rings. The number of rotatable bonds is 5. The number of benzene rings is 2. The Morgan fingerprint density at radius 2 is 1.81 bits per heavy atom. The average Bonchev–Trinajstić information content (AvgIpc) is 2.66. The van der Waals surface area contributed by atoms with Crippen molar-refractivity contribution >= 4 is 21.7 Å². The fourth-order valence-electron chi connectivity index (χ4n) is 2.29. The first-order valence-electron chi connectivity index (χ1n) is 7.68. The number of fused-ring (bicyclic) bond motifs is 1. The van der Waals surface area contributed by atoms with Crippen LogP contribution >= 0.6 is 0 Å². The monoisotopic (exact) mass is 376 g/mol. The number of Topliss-reactive ketones (excluding diaryl/α,β-unsaturated/α-hetero) is 1. The highest BCUT2D eigenvalue weighted by molar-refractivity contribution is 7.89. The Morgan fingerprint density at radius 3 is 2.54 bits per heavy atom. The minimum absolute atomic E-state index is 0.0512. The fourth-order valence-corrected chi connectivity index (χ4v) is 3.18. The van der Waals surface area contributed by atoms with E-state index in [1.165, 1.54) is 31.2 Å². The summed E-state index contributed by atoms with van der Waals surface area (Å²) in [6.07, 6.45) is -1.00. The number of amides is 1. The van der Waals surface area contributed by atoms with Crippen LogP contribution in [-0.2, 0) is 14.8 Å². The first kappa shape index (κ1) is 17.9. The molecule has 1 amide bonds. The smallest absolute Gasteiger partial charge is 0.279 e. The van der Waals surface area contributed by atoms with E-state index in [2.05, 4.69) is 5.43 Å². The van der Waals surface area contributed by atoms with Crippen LogP contribution in [0.3, 0.4) is 0 Å². The van der Waals surface area contributed by atoms with Crippen molar-refractivity contribution in [3.05, 3.63) is 54.1 Å². The van der Waals surface area contributed by atoms with Gasteiger partial charge in [0.2, 0.25) is 6.10 Å². The second-order valence-corrected chi connectivity index (χ2v) is 7.23. The largest absolute Gasteiger partial charge is 0.485 e. The van der Waals surface area contributed by atoms with Gasteiger partial charge in [0.15, 0.2) is 17.3 Å². The quantitative estimate of drug-likeness (QED) is 0.596. The minimum Gasteiger partial charge on any atom is -0.485 e. The topological polar surface area (TPSA) is 111 Å². The van der Waals surface area contributed by atoms with E-state index in [0.717, 1.165) is 0 Å². The number of hydrazine groups is 1. The maximum absolute atomic E-state index is 12.3. The van der Waals surface area contributed by atoms with Gasteiger partial charge in [-0.15, -0.1) is 4.83 Å². The number of nitrogens with one attached hydrogen (secondary N) is 2. The van der Waals surface area contributed by atoms with Gasteiger partial charge in [-0.05, 0) is 31.2 Å². The molecular weight excluding hydrogens is 360 g/mol. The zero-order chi connectivity index (χ0) is 18.7. The Bertz CT molecular complexity index is 957. The molecule has 3 rings (SSSR count). The number of hydrogen-bond donors (Lipinski definition) is 2. The first-order chi connectivity index (χ1) is 12.4. The number of ether oxygens (including phenoxy) is 2. The van der Waals surface area contributed by atoms with Crippen LogP contribution in [-0.4, -0.2) is 32.8 Å². The molecule has 1 heterocycles. The lowest BCUT2D eigenvalue weighted by Gasteiger charge is -2.25. The third kappa shape index (κ3) is 3.84. The lowest BCUT2D eigenvalue weighted by molar-refractivity contribution is -0.130. The number of carbonyl (C=O) groups is 2.